The van der Waals surface area contributed by atoms with Gasteiger partial charge >= 0.3 is 0 Å². The number of aromatic nitrogens is 1. The highest BCUT2D eigenvalue weighted by molar-refractivity contribution is 7.16. The molecule has 0 bridgehead atoms. The summed E-state index contributed by atoms with van der Waals surface area (Å²) in [5, 5.41) is 2.12. The number of rotatable bonds is 2. The summed E-state index contributed by atoms with van der Waals surface area (Å²) in [5.41, 5.74) is 9.62. The fraction of sp³-hybridized carbons (Fsp3) is 0.438. The van der Waals surface area contributed by atoms with E-state index in [1.54, 1.807) is 11.3 Å². The first-order valence-corrected chi connectivity index (χ1v) is 7.89. The molecule has 19 heavy (non-hydrogen) atoms. The molecule has 3 heteroatoms. The molecular weight excluding hydrogens is 252 g/mol. The summed E-state index contributed by atoms with van der Waals surface area (Å²) in [4.78, 5) is 4.86. The van der Waals surface area contributed by atoms with E-state index in [0.717, 1.165) is 10.7 Å². The summed E-state index contributed by atoms with van der Waals surface area (Å²) in [6.07, 6.45) is 6.61. The molecule has 0 atom stereocenters. The molecule has 3 rings (SSSR count). The van der Waals surface area contributed by atoms with Crippen LogP contribution < -0.4 is 5.73 Å². The first kappa shape index (κ1) is 12.7. The summed E-state index contributed by atoms with van der Waals surface area (Å²) in [6.45, 7) is 2.12. The molecule has 0 radical (unpaired) electrons. The molecule has 1 aliphatic carbocycles. The van der Waals surface area contributed by atoms with Crippen LogP contribution in [-0.4, -0.2) is 4.98 Å². The lowest BCUT2D eigenvalue weighted by molar-refractivity contribution is 0.442. The standard InChI is InChI=1S/C16H20N2S/c1-11-7-5-6-10-13(11)14-15(17)19-16(18-14)12-8-3-2-4-9-12/h5-7,10,12H,2-4,8-9,17H2,1H3. The van der Waals surface area contributed by atoms with Crippen molar-refractivity contribution in [1.82, 2.24) is 4.98 Å². The van der Waals surface area contributed by atoms with Crippen molar-refractivity contribution in [3.8, 4) is 11.3 Å². The van der Waals surface area contributed by atoms with Crippen LogP contribution in [0.1, 0.15) is 48.6 Å². The Kier molecular flexibility index (Phi) is 3.56. The molecule has 2 N–H and O–H groups in total. The lowest BCUT2D eigenvalue weighted by Gasteiger charge is -2.18. The minimum Gasteiger partial charge on any atom is -0.389 e. The van der Waals surface area contributed by atoms with Gasteiger partial charge in [0.2, 0.25) is 0 Å². The van der Waals surface area contributed by atoms with Crippen LogP contribution in [0.25, 0.3) is 11.3 Å². The molecule has 0 aliphatic heterocycles. The average Bonchev–Trinajstić information content (AvgIpc) is 2.82. The summed E-state index contributed by atoms with van der Waals surface area (Å²) >= 11 is 1.69. The third-order valence-corrected chi connectivity index (χ3v) is 5.07. The number of hydrogen-bond acceptors (Lipinski definition) is 3. The molecule has 2 aromatic rings. The van der Waals surface area contributed by atoms with E-state index in [1.165, 1.54) is 48.2 Å². The minimum absolute atomic E-state index is 0.638. The second-order valence-electron chi connectivity index (χ2n) is 5.41. The van der Waals surface area contributed by atoms with Gasteiger partial charge in [0, 0.05) is 11.5 Å². The van der Waals surface area contributed by atoms with Crippen LogP contribution in [0.3, 0.4) is 0 Å². The van der Waals surface area contributed by atoms with Crippen LogP contribution in [0.2, 0.25) is 0 Å². The van der Waals surface area contributed by atoms with Crippen LogP contribution in [0.4, 0.5) is 5.00 Å². The Labute approximate surface area is 118 Å². The molecule has 1 saturated carbocycles. The van der Waals surface area contributed by atoms with Gasteiger partial charge in [-0.3, -0.25) is 0 Å². The lowest BCUT2D eigenvalue weighted by atomic mass is 9.90. The zero-order chi connectivity index (χ0) is 13.2. The maximum atomic E-state index is 6.20. The van der Waals surface area contributed by atoms with Gasteiger partial charge in [0.1, 0.15) is 10.7 Å². The number of nitrogens with zero attached hydrogens (tertiary/aromatic N) is 1. The van der Waals surface area contributed by atoms with E-state index < -0.39 is 0 Å². The van der Waals surface area contributed by atoms with Crippen molar-refractivity contribution in [2.45, 2.75) is 44.9 Å². The Balaban J connectivity index is 1.95. The first-order valence-electron chi connectivity index (χ1n) is 7.08. The third kappa shape index (κ3) is 2.52. The molecule has 1 heterocycles. The van der Waals surface area contributed by atoms with Gasteiger partial charge < -0.3 is 5.73 Å². The van der Waals surface area contributed by atoms with Crippen LogP contribution in [-0.2, 0) is 0 Å². The maximum absolute atomic E-state index is 6.20. The summed E-state index contributed by atoms with van der Waals surface area (Å²) in [6, 6.07) is 8.35. The number of anilines is 1. The number of thiazole rings is 1. The fourth-order valence-electron chi connectivity index (χ4n) is 2.90. The van der Waals surface area contributed by atoms with Crippen molar-refractivity contribution in [1.29, 1.82) is 0 Å². The summed E-state index contributed by atoms with van der Waals surface area (Å²) in [7, 11) is 0. The maximum Gasteiger partial charge on any atom is 0.114 e. The SMILES string of the molecule is Cc1ccccc1-c1nc(C2CCCCC2)sc1N. The van der Waals surface area contributed by atoms with Crippen molar-refractivity contribution < 1.29 is 0 Å². The number of nitrogens with two attached hydrogens (primary N) is 1. The van der Waals surface area contributed by atoms with Crippen molar-refractivity contribution >= 4 is 16.3 Å². The Morgan fingerprint density at radius 2 is 1.89 bits per heavy atom. The van der Waals surface area contributed by atoms with Gasteiger partial charge in [-0.05, 0) is 25.3 Å². The summed E-state index contributed by atoms with van der Waals surface area (Å²) in [5.74, 6) is 0.638. The number of aryl methyl sites for hydroxylation is 1. The molecule has 0 unspecified atom stereocenters. The van der Waals surface area contributed by atoms with E-state index in [4.69, 9.17) is 10.7 Å². The molecule has 1 fully saturated rings. The highest BCUT2D eigenvalue weighted by atomic mass is 32.1. The zero-order valence-electron chi connectivity index (χ0n) is 11.4. The van der Waals surface area contributed by atoms with E-state index in [-0.39, 0.29) is 0 Å². The van der Waals surface area contributed by atoms with Crippen LogP contribution in [0, 0.1) is 6.92 Å². The Morgan fingerprint density at radius 3 is 2.63 bits per heavy atom. The van der Waals surface area contributed by atoms with Gasteiger partial charge in [0.25, 0.3) is 0 Å². The van der Waals surface area contributed by atoms with E-state index >= 15 is 0 Å². The fourth-order valence-corrected chi connectivity index (χ4v) is 3.92. The molecule has 1 aliphatic rings. The quantitative estimate of drug-likeness (QED) is 0.857. The molecule has 1 aromatic heterocycles. The van der Waals surface area contributed by atoms with Gasteiger partial charge in [-0.15, -0.1) is 11.3 Å². The van der Waals surface area contributed by atoms with Gasteiger partial charge in [0.05, 0.1) is 5.01 Å². The van der Waals surface area contributed by atoms with E-state index in [1.807, 2.05) is 0 Å². The largest absolute Gasteiger partial charge is 0.389 e. The smallest absolute Gasteiger partial charge is 0.114 e. The van der Waals surface area contributed by atoms with E-state index in [2.05, 4.69) is 31.2 Å². The second-order valence-corrected chi connectivity index (χ2v) is 6.48. The molecule has 2 nitrogen and oxygen atoms in total. The number of nitrogen functional groups attached to an aromatic ring is 1. The van der Waals surface area contributed by atoms with Crippen molar-refractivity contribution in [2.75, 3.05) is 5.73 Å². The Bertz CT molecular complexity index is 568. The first-order chi connectivity index (χ1) is 9.25. The normalized spacial score (nSPS) is 16.7. The molecule has 0 saturated heterocycles. The van der Waals surface area contributed by atoms with E-state index in [0.29, 0.717) is 5.92 Å². The third-order valence-electron chi connectivity index (χ3n) is 4.02. The van der Waals surface area contributed by atoms with E-state index in [9.17, 15) is 0 Å². The molecule has 1 aromatic carbocycles. The van der Waals surface area contributed by atoms with Crippen molar-refractivity contribution in [3.05, 3.63) is 34.8 Å². The van der Waals surface area contributed by atoms with Gasteiger partial charge in [-0.1, -0.05) is 43.5 Å². The van der Waals surface area contributed by atoms with Crippen molar-refractivity contribution in [2.24, 2.45) is 0 Å². The van der Waals surface area contributed by atoms with Crippen LogP contribution in [0.15, 0.2) is 24.3 Å². The Hall–Kier alpha value is -1.35. The summed E-state index contributed by atoms with van der Waals surface area (Å²) < 4.78 is 0. The van der Waals surface area contributed by atoms with Gasteiger partial charge in [0.15, 0.2) is 0 Å². The number of hydrogen-bond donors (Lipinski definition) is 1. The molecule has 0 amide bonds. The Morgan fingerprint density at radius 1 is 1.16 bits per heavy atom. The minimum atomic E-state index is 0.638. The highest BCUT2D eigenvalue weighted by Gasteiger charge is 2.21. The van der Waals surface area contributed by atoms with Gasteiger partial charge in [-0.2, -0.15) is 0 Å². The highest BCUT2D eigenvalue weighted by Crippen LogP contribution is 2.40. The van der Waals surface area contributed by atoms with Crippen LogP contribution >= 0.6 is 11.3 Å². The lowest BCUT2D eigenvalue weighted by Crippen LogP contribution is -2.03. The average molecular weight is 272 g/mol. The molecule has 0 spiro atoms. The van der Waals surface area contributed by atoms with Crippen molar-refractivity contribution in [3.63, 3.8) is 0 Å². The zero-order valence-corrected chi connectivity index (χ0v) is 12.2. The number of benzene rings is 1. The topological polar surface area (TPSA) is 38.9 Å². The monoisotopic (exact) mass is 272 g/mol. The molecular formula is C16H20N2S. The van der Waals surface area contributed by atoms with Gasteiger partial charge in [-0.25, -0.2) is 4.98 Å². The second kappa shape index (κ2) is 5.33. The molecule has 100 valence electrons. The van der Waals surface area contributed by atoms with Crippen LogP contribution in [0.5, 0.6) is 0 Å². The predicted molar refractivity (Wildman–Crippen MR) is 82.5 cm³/mol. The predicted octanol–water partition coefficient (Wildman–Crippen LogP) is 4.75.